The zero-order valence-electron chi connectivity index (χ0n) is 18.1. The van der Waals surface area contributed by atoms with Gasteiger partial charge in [-0.15, -0.1) is 0 Å². The van der Waals surface area contributed by atoms with Crippen LogP contribution in [0.25, 0.3) is 11.3 Å². The topological polar surface area (TPSA) is 52.3 Å². The van der Waals surface area contributed by atoms with Crippen LogP contribution in [0.2, 0.25) is 0 Å². The summed E-state index contributed by atoms with van der Waals surface area (Å²) in [5.74, 6) is 7.29. The summed E-state index contributed by atoms with van der Waals surface area (Å²) >= 11 is 0. The average molecular weight is 414 g/mol. The van der Waals surface area contributed by atoms with Crippen molar-refractivity contribution in [2.24, 2.45) is 5.92 Å². The molecule has 1 aliphatic carbocycles. The molecule has 158 valence electrons. The maximum Gasteiger partial charge on any atom is 0.338 e. The molecule has 0 unspecified atom stereocenters. The van der Waals surface area contributed by atoms with E-state index in [0.717, 1.165) is 28.8 Å². The van der Waals surface area contributed by atoms with E-state index in [1.807, 2.05) is 31.2 Å². The van der Waals surface area contributed by atoms with Gasteiger partial charge in [0.2, 0.25) is 0 Å². The first-order valence-corrected chi connectivity index (χ1v) is 11.0. The van der Waals surface area contributed by atoms with Gasteiger partial charge in [-0.05, 0) is 55.5 Å². The minimum atomic E-state index is -0.386. The Labute approximate surface area is 183 Å². The Kier molecular flexibility index (Phi) is 6.52. The SMILES string of the molecule is CCc1ccc(-c2cc(COC(=O)c3ccc(C#CC4CCCC4)c(C)c3)on2)cc1. The minimum Gasteiger partial charge on any atom is -0.454 e. The van der Waals surface area contributed by atoms with E-state index in [4.69, 9.17) is 9.26 Å². The van der Waals surface area contributed by atoms with Crippen molar-refractivity contribution in [2.45, 2.75) is 52.6 Å². The van der Waals surface area contributed by atoms with E-state index in [1.54, 1.807) is 12.1 Å². The predicted octanol–water partition coefficient (Wildman–Crippen LogP) is 6.11. The lowest BCUT2D eigenvalue weighted by molar-refractivity contribution is 0.0437. The summed E-state index contributed by atoms with van der Waals surface area (Å²) in [5, 5.41) is 4.09. The first-order chi connectivity index (χ1) is 15.1. The van der Waals surface area contributed by atoms with Gasteiger partial charge in [0.05, 0.1) is 5.56 Å². The number of rotatable bonds is 5. The molecule has 1 heterocycles. The Hall–Kier alpha value is -3.32. The number of aryl methyl sites for hydroxylation is 2. The van der Waals surface area contributed by atoms with Crippen molar-refractivity contribution in [3.05, 3.63) is 76.5 Å². The molecule has 0 aliphatic heterocycles. The lowest BCUT2D eigenvalue weighted by Crippen LogP contribution is -2.05. The van der Waals surface area contributed by atoms with Gasteiger partial charge in [0.1, 0.15) is 5.69 Å². The van der Waals surface area contributed by atoms with Gasteiger partial charge in [-0.3, -0.25) is 0 Å². The summed E-state index contributed by atoms with van der Waals surface area (Å²) in [6, 6.07) is 15.5. The van der Waals surface area contributed by atoms with E-state index >= 15 is 0 Å². The number of nitrogens with zero attached hydrogens (tertiary/aromatic N) is 1. The summed E-state index contributed by atoms with van der Waals surface area (Å²) in [7, 11) is 0. The van der Waals surface area contributed by atoms with Gasteiger partial charge >= 0.3 is 5.97 Å². The maximum atomic E-state index is 12.5. The molecule has 0 spiro atoms. The number of hydrogen-bond acceptors (Lipinski definition) is 4. The van der Waals surface area contributed by atoms with Gasteiger partial charge < -0.3 is 9.26 Å². The Morgan fingerprint density at radius 2 is 1.90 bits per heavy atom. The van der Waals surface area contributed by atoms with Crippen molar-refractivity contribution in [3.63, 3.8) is 0 Å². The fourth-order valence-corrected chi connectivity index (χ4v) is 3.83. The highest BCUT2D eigenvalue weighted by Gasteiger charge is 2.13. The Balaban J connectivity index is 1.36. The van der Waals surface area contributed by atoms with Crippen LogP contribution in [-0.2, 0) is 17.8 Å². The third-order valence-electron chi connectivity index (χ3n) is 5.79. The van der Waals surface area contributed by atoms with E-state index in [1.165, 1.54) is 31.2 Å². The normalized spacial score (nSPS) is 13.6. The van der Waals surface area contributed by atoms with Crippen LogP contribution in [0.4, 0.5) is 0 Å². The Morgan fingerprint density at radius 1 is 1.13 bits per heavy atom. The second-order valence-corrected chi connectivity index (χ2v) is 8.09. The molecule has 1 aromatic heterocycles. The molecular weight excluding hydrogens is 386 g/mol. The molecule has 1 fully saturated rings. The highest BCUT2D eigenvalue weighted by molar-refractivity contribution is 5.89. The second-order valence-electron chi connectivity index (χ2n) is 8.09. The number of carbonyl (C=O) groups excluding carboxylic acids is 1. The number of esters is 1. The fourth-order valence-electron chi connectivity index (χ4n) is 3.83. The molecular formula is C27H27NO3. The van der Waals surface area contributed by atoms with Crippen molar-refractivity contribution >= 4 is 5.97 Å². The molecule has 0 atom stereocenters. The highest BCUT2D eigenvalue weighted by Crippen LogP contribution is 2.24. The van der Waals surface area contributed by atoms with Crippen LogP contribution >= 0.6 is 0 Å². The number of aromatic nitrogens is 1. The molecule has 4 nitrogen and oxygen atoms in total. The zero-order valence-corrected chi connectivity index (χ0v) is 18.1. The standard InChI is InChI=1S/C27H27NO3/c1-3-20-8-12-23(13-9-20)26-17-25(31-28-26)18-30-27(29)24-15-14-22(19(2)16-24)11-10-21-6-4-5-7-21/h8-9,12-17,21H,3-7,18H2,1-2H3. The Bertz CT molecular complexity index is 1110. The molecule has 1 aliphatic rings. The van der Waals surface area contributed by atoms with E-state index in [0.29, 0.717) is 17.2 Å². The quantitative estimate of drug-likeness (QED) is 0.374. The first kappa shape index (κ1) is 20.9. The second kappa shape index (κ2) is 9.66. The monoisotopic (exact) mass is 413 g/mol. The molecule has 0 bridgehead atoms. The van der Waals surface area contributed by atoms with Crippen molar-refractivity contribution in [1.82, 2.24) is 5.16 Å². The van der Waals surface area contributed by atoms with Gasteiger partial charge in [0.25, 0.3) is 0 Å². The number of benzene rings is 2. The van der Waals surface area contributed by atoms with Gasteiger partial charge in [-0.2, -0.15) is 0 Å². The van der Waals surface area contributed by atoms with E-state index < -0.39 is 0 Å². The lowest BCUT2D eigenvalue weighted by Gasteiger charge is -2.05. The molecule has 4 rings (SSSR count). The van der Waals surface area contributed by atoms with Crippen LogP contribution in [0.5, 0.6) is 0 Å². The summed E-state index contributed by atoms with van der Waals surface area (Å²) in [4.78, 5) is 12.5. The van der Waals surface area contributed by atoms with Crippen LogP contribution in [0.15, 0.2) is 53.1 Å². The van der Waals surface area contributed by atoms with Gasteiger partial charge in [0.15, 0.2) is 12.4 Å². The zero-order chi connectivity index (χ0) is 21.6. The van der Waals surface area contributed by atoms with E-state index in [9.17, 15) is 4.79 Å². The third kappa shape index (κ3) is 5.24. The summed E-state index contributed by atoms with van der Waals surface area (Å²) in [6.45, 7) is 4.14. The number of hydrogen-bond donors (Lipinski definition) is 0. The Morgan fingerprint density at radius 3 is 2.61 bits per heavy atom. The molecule has 3 aromatic rings. The third-order valence-corrected chi connectivity index (χ3v) is 5.79. The van der Waals surface area contributed by atoms with Crippen molar-refractivity contribution in [1.29, 1.82) is 0 Å². The summed E-state index contributed by atoms with van der Waals surface area (Å²) < 4.78 is 10.8. The minimum absolute atomic E-state index is 0.0428. The summed E-state index contributed by atoms with van der Waals surface area (Å²) in [6.07, 6.45) is 5.95. The first-order valence-electron chi connectivity index (χ1n) is 11.0. The molecule has 31 heavy (non-hydrogen) atoms. The van der Waals surface area contributed by atoms with Gasteiger partial charge in [0, 0.05) is 23.1 Å². The van der Waals surface area contributed by atoms with Gasteiger partial charge in [-0.25, -0.2) is 4.79 Å². The van der Waals surface area contributed by atoms with Crippen molar-refractivity contribution < 1.29 is 14.1 Å². The summed E-state index contributed by atoms with van der Waals surface area (Å²) in [5.41, 5.74) is 5.44. The van der Waals surface area contributed by atoms with Crippen LogP contribution in [-0.4, -0.2) is 11.1 Å². The molecule has 0 saturated heterocycles. The molecule has 0 radical (unpaired) electrons. The van der Waals surface area contributed by atoms with Crippen LogP contribution in [0, 0.1) is 24.7 Å². The lowest BCUT2D eigenvalue weighted by atomic mass is 10.0. The molecule has 1 saturated carbocycles. The highest BCUT2D eigenvalue weighted by atomic mass is 16.5. The van der Waals surface area contributed by atoms with Crippen LogP contribution in [0.3, 0.4) is 0 Å². The van der Waals surface area contributed by atoms with Crippen molar-refractivity contribution in [2.75, 3.05) is 0 Å². The van der Waals surface area contributed by atoms with Gasteiger partial charge in [-0.1, -0.05) is 61.0 Å². The smallest absolute Gasteiger partial charge is 0.338 e. The van der Waals surface area contributed by atoms with E-state index in [-0.39, 0.29) is 12.6 Å². The largest absolute Gasteiger partial charge is 0.454 e. The maximum absolute atomic E-state index is 12.5. The number of ether oxygens (including phenoxy) is 1. The van der Waals surface area contributed by atoms with Crippen molar-refractivity contribution in [3.8, 4) is 23.1 Å². The number of carbonyl (C=O) groups is 1. The fraction of sp³-hybridized carbons (Fsp3) is 0.333. The van der Waals surface area contributed by atoms with Crippen LogP contribution < -0.4 is 0 Å². The predicted molar refractivity (Wildman–Crippen MR) is 120 cm³/mol. The average Bonchev–Trinajstić information content (AvgIpc) is 3.49. The molecule has 2 aromatic carbocycles. The van der Waals surface area contributed by atoms with E-state index in [2.05, 4.69) is 36.1 Å². The molecule has 0 amide bonds. The molecule has 0 N–H and O–H groups in total. The molecule has 4 heteroatoms. The van der Waals surface area contributed by atoms with Crippen LogP contribution in [0.1, 0.15) is 65.4 Å².